The van der Waals surface area contributed by atoms with Gasteiger partial charge in [-0.15, -0.1) is 0 Å². The molecule has 8 nitrogen and oxygen atoms in total. The summed E-state index contributed by atoms with van der Waals surface area (Å²) in [6, 6.07) is 36.3. The van der Waals surface area contributed by atoms with Gasteiger partial charge in [-0.25, -0.2) is 0 Å². The molecular formula is C35H35F3O8S. The molecule has 0 saturated carbocycles. The molecule has 0 amide bonds. The average molecular weight is 673 g/mol. The highest BCUT2D eigenvalue weighted by Gasteiger charge is 2.55. The molecule has 0 aromatic heterocycles. The first-order valence-electron chi connectivity index (χ1n) is 14.9. The fourth-order valence-electron chi connectivity index (χ4n) is 4.98. The molecule has 5 rings (SSSR count). The molecule has 0 aliphatic carbocycles. The van der Waals surface area contributed by atoms with Gasteiger partial charge in [0, 0.05) is 0 Å². The van der Waals surface area contributed by atoms with Crippen molar-refractivity contribution >= 4 is 10.1 Å². The number of alkyl halides is 3. The minimum Gasteiger partial charge on any atom is -0.374 e. The number of benzene rings is 4. The summed E-state index contributed by atoms with van der Waals surface area (Å²) in [5.74, 6) is 0. The number of halogens is 3. The molecule has 47 heavy (non-hydrogen) atoms. The van der Waals surface area contributed by atoms with Crippen LogP contribution in [0.15, 0.2) is 121 Å². The van der Waals surface area contributed by atoms with Crippen molar-refractivity contribution in [1.29, 1.82) is 0 Å². The van der Waals surface area contributed by atoms with Crippen LogP contribution in [0.1, 0.15) is 22.3 Å². The van der Waals surface area contributed by atoms with Crippen LogP contribution < -0.4 is 0 Å². The lowest BCUT2D eigenvalue weighted by Crippen LogP contribution is -2.62. The molecular weight excluding hydrogens is 637 g/mol. The second-order valence-electron chi connectivity index (χ2n) is 10.8. The molecule has 0 spiro atoms. The van der Waals surface area contributed by atoms with Crippen LogP contribution in [0.2, 0.25) is 0 Å². The van der Waals surface area contributed by atoms with E-state index in [0.29, 0.717) is 5.56 Å². The SMILES string of the molecule is O=S(=O)(O[C@H]1C(COCc2ccccc2)O[C@@H](OCc2ccccc2)C(OCc2ccccc2)C1OCc1ccccc1)C(F)(F)F. The third-order valence-corrected chi connectivity index (χ3v) is 8.38. The van der Waals surface area contributed by atoms with Crippen molar-refractivity contribution in [3.8, 4) is 0 Å². The van der Waals surface area contributed by atoms with Gasteiger partial charge in [0.25, 0.3) is 0 Å². The summed E-state index contributed by atoms with van der Waals surface area (Å²) in [6.07, 6.45) is -7.02. The third kappa shape index (κ3) is 9.94. The van der Waals surface area contributed by atoms with Gasteiger partial charge in [0.15, 0.2) is 6.29 Å². The quantitative estimate of drug-likeness (QED) is 0.104. The average Bonchev–Trinajstić information content (AvgIpc) is 3.08. The van der Waals surface area contributed by atoms with Crippen molar-refractivity contribution in [3.05, 3.63) is 144 Å². The topological polar surface area (TPSA) is 89.5 Å². The normalized spacial score (nSPS) is 21.8. The molecule has 1 aliphatic heterocycles. The molecule has 1 saturated heterocycles. The van der Waals surface area contributed by atoms with Gasteiger partial charge in [0.1, 0.15) is 24.4 Å². The molecule has 4 aromatic rings. The smallest absolute Gasteiger partial charge is 0.374 e. The Morgan fingerprint density at radius 2 is 0.957 bits per heavy atom. The molecule has 1 heterocycles. The highest BCUT2D eigenvalue weighted by Crippen LogP contribution is 2.35. The summed E-state index contributed by atoms with van der Waals surface area (Å²) < 4.78 is 102. The Hall–Kier alpha value is -3.62. The highest BCUT2D eigenvalue weighted by molar-refractivity contribution is 7.87. The third-order valence-electron chi connectivity index (χ3n) is 7.33. The van der Waals surface area contributed by atoms with Crippen molar-refractivity contribution in [2.75, 3.05) is 6.61 Å². The minimum atomic E-state index is -6.10. The van der Waals surface area contributed by atoms with E-state index in [0.717, 1.165) is 16.7 Å². The van der Waals surface area contributed by atoms with Crippen LogP contribution >= 0.6 is 0 Å². The Morgan fingerprint density at radius 1 is 0.553 bits per heavy atom. The van der Waals surface area contributed by atoms with Gasteiger partial charge in [0.05, 0.1) is 33.0 Å². The van der Waals surface area contributed by atoms with Gasteiger partial charge in [-0.2, -0.15) is 21.6 Å². The van der Waals surface area contributed by atoms with E-state index >= 15 is 0 Å². The Balaban J connectivity index is 1.49. The monoisotopic (exact) mass is 672 g/mol. The second-order valence-corrected chi connectivity index (χ2v) is 12.4. The molecule has 1 fully saturated rings. The first kappa shape index (κ1) is 34.7. The van der Waals surface area contributed by atoms with E-state index < -0.39 is 46.3 Å². The first-order chi connectivity index (χ1) is 22.7. The number of ether oxygens (including phenoxy) is 5. The zero-order valence-electron chi connectivity index (χ0n) is 25.3. The van der Waals surface area contributed by atoms with Crippen LogP contribution in [0.4, 0.5) is 13.2 Å². The molecule has 0 N–H and O–H groups in total. The number of hydrogen-bond donors (Lipinski definition) is 0. The lowest BCUT2D eigenvalue weighted by Gasteiger charge is -2.45. The fraction of sp³-hybridized carbons (Fsp3) is 0.314. The van der Waals surface area contributed by atoms with Gasteiger partial charge in [-0.05, 0) is 22.3 Å². The largest absolute Gasteiger partial charge is 0.523 e. The van der Waals surface area contributed by atoms with Crippen molar-refractivity contribution in [2.45, 2.75) is 62.6 Å². The molecule has 3 unspecified atom stereocenters. The Labute approximate surface area is 272 Å². The Kier molecular flexibility index (Phi) is 12.2. The second kappa shape index (κ2) is 16.5. The van der Waals surface area contributed by atoms with E-state index in [1.165, 1.54) is 0 Å². The molecule has 0 bridgehead atoms. The summed E-state index contributed by atoms with van der Waals surface area (Å²) in [7, 11) is -6.10. The van der Waals surface area contributed by atoms with Crippen LogP contribution in [-0.4, -0.2) is 51.2 Å². The van der Waals surface area contributed by atoms with E-state index in [4.69, 9.17) is 27.9 Å². The Morgan fingerprint density at radius 3 is 1.40 bits per heavy atom. The lowest BCUT2D eigenvalue weighted by atomic mass is 9.98. The van der Waals surface area contributed by atoms with Crippen LogP contribution in [0.5, 0.6) is 0 Å². The number of hydrogen-bond acceptors (Lipinski definition) is 8. The molecule has 5 atom stereocenters. The van der Waals surface area contributed by atoms with Gasteiger partial charge in [-0.3, -0.25) is 4.18 Å². The fourth-order valence-corrected chi connectivity index (χ4v) is 5.62. The zero-order chi connectivity index (χ0) is 33.1. The highest BCUT2D eigenvalue weighted by atomic mass is 32.2. The van der Waals surface area contributed by atoms with Crippen LogP contribution in [-0.2, 0) is 64.4 Å². The first-order valence-corrected chi connectivity index (χ1v) is 16.3. The van der Waals surface area contributed by atoms with E-state index in [1.54, 1.807) is 30.3 Å². The van der Waals surface area contributed by atoms with Gasteiger partial charge in [-0.1, -0.05) is 121 Å². The van der Waals surface area contributed by atoms with Crippen LogP contribution in [0.25, 0.3) is 0 Å². The summed E-state index contributed by atoms with van der Waals surface area (Å²) in [6.45, 7) is -0.288. The maximum Gasteiger partial charge on any atom is 0.523 e. The van der Waals surface area contributed by atoms with Gasteiger partial charge in [0.2, 0.25) is 0 Å². The summed E-state index contributed by atoms with van der Waals surface area (Å²) in [5, 5.41) is 0. The minimum absolute atomic E-state index is 0.000818. The predicted molar refractivity (Wildman–Crippen MR) is 166 cm³/mol. The Bertz CT molecular complexity index is 1590. The summed E-state index contributed by atoms with van der Waals surface area (Å²) in [5.41, 5.74) is -2.66. The summed E-state index contributed by atoms with van der Waals surface area (Å²) >= 11 is 0. The van der Waals surface area contributed by atoms with E-state index in [2.05, 4.69) is 0 Å². The van der Waals surface area contributed by atoms with Crippen LogP contribution in [0, 0.1) is 0 Å². The molecule has 0 radical (unpaired) electrons. The zero-order valence-corrected chi connectivity index (χ0v) is 26.1. The maximum atomic E-state index is 13.7. The predicted octanol–water partition coefficient (Wildman–Crippen LogP) is 6.55. The van der Waals surface area contributed by atoms with Crippen LogP contribution in [0.3, 0.4) is 0 Å². The standard InChI is InChI=1S/C35H35F3O8S/c36-35(37,38)47(39,40)46-31-30(25-41-21-26-13-5-1-6-14-26)45-34(44-24-29-19-11-4-12-20-29)33(43-23-28-17-9-3-10-18-28)32(31)42-22-27-15-7-2-8-16-27/h1-20,30-34H,21-25H2/t30?,31-,32?,33?,34+/m0/s1. The molecule has 4 aromatic carbocycles. The van der Waals surface area contributed by atoms with E-state index in [1.807, 2.05) is 91.0 Å². The van der Waals surface area contributed by atoms with Crippen molar-refractivity contribution in [2.24, 2.45) is 0 Å². The van der Waals surface area contributed by atoms with Gasteiger partial charge >= 0.3 is 15.6 Å². The summed E-state index contributed by atoms with van der Waals surface area (Å²) in [4.78, 5) is 0. The molecule has 12 heteroatoms. The maximum absolute atomic E-state index is 13.7. The van der Waals surface area contributed by atoms with Crippen molar-refractivity contribution in [1.82, 2.24) is 0 Å². The molecule has 1 aliphatic rings. The van der Waals surface area contributed by atoms with Gasteiger partial charge < -0.3 is 23.7 Å². The number of rotatable bonds is 15. The van der Waals surface area contributed by atoms with E-state index in [-0.39, 0.29) is 33.0 Å². The van der Waals surface area contributed by atoms with Crippen molar-refractivity contribution in [3.63, 3.8) is 0 Å². The molecule has 250 valence electrons. The van der Waals surface area contributed by atoms with E-state index in [9.17, 15) is 21.6 Å². The lowest BCUT2D eigenvalue weighted by molar-refractivity contribution is -0.320. The van der Waals surface area contributed by atoms with Crippen molar-refractivity contribution < 1.29 is 49.5 Å².